The first kappa shape index (κ1) is 17.4. The Kier molecular flexibility index (Phi) is 6.61. The van der Waals surface area contributed by atoms with E-state index in [9.17, 15) is 4.39 Å². The van der Waals surface area contributed by atoms with E-state index in [1.54, 1.807) is 13.0 Å². The monoisotopic (exact) mass is 399 g/mol. The molecule has 0 saturated carbocycles. The van der Waals surface area contributed by atoms with Crippen LogP contribution in [0.15, 0.2) is 47.5 Å². The molecule has 5 heteroatoms. The molecule has 0 bridgehead atoms. The largest absolute Gasteiger partial charge is 0.370 e. The molecule has 3 N–H and O–H groups in total. The van der Waals surface area contributed by atoms with Crippen molar-refractivity contribution in [2.75, 3.05) is 5.32 Å². The molecule has 0 aliphatic heterocycles. The second kappa shape index (κ2) is 7.97. The van der Waals surface area contributed by atoms with Gasteiger partial charge in [0, 0.05) is 5.69 Å². The first-order chi connectivity index (χ1) is 9.54. The lowest BCUT2D eigenvalue weighted by molar-refractivity contribution is 0.616. The molecular weight excluding hydrogens is 380 g/mol. The zero-order chi connectivity index (χ0) is 14.5. The van der Waals surface area contributed by atoms with Gasteiger partial charge in [-0.2, -0.15) is 0 Å². The number of benzene rings is 2. The van der Waals surface area contributed by atoms with E-state index in [1.807, 2.05) is 37.3 Å². The van der Waals surface area contributed by atoms with Crippen LogP contribution in [0.3, 0.4) is 0 Å². The number of rotatable bonds is 3. The maximum Gasteiger partial charge on any atom is 0.193 e. The van der Waals surface area contributed by atoms with E-state index in [0.717, 1.165) is 11.3 Å². The van der Waals surface area contributed by atoms with E-state index in [2.05, 4.69) is 10.3 Å². The highest BCUT2D eigenvalue weighted by atomic mass is 127. The summed E-state index contributed by atoms with van der Waals surface area (Å²) in [6, 6.07) is 12.9. The standard InChI is InChI=1S/C16H18FN3.HI/c1-11-3-7-14(8-4-11)20-16(18)19-10-13-6-5-12(2)15(17)9-13;/h3-9H,10H2,1-2H3,(H3,18,19,20);1H. The Bertz CT molecular complexity index is 624. The Balaban J connectivity index is 0.00000220. The van der Waals surface area contributed by atoms with Gasteiger partial charge < -0.3 is 11.1 Å². The second-order valence-corrected chi connectivity index (χ2v) is 4.78. The Labute approximate surface area is 141 Å². The molecule has 0 saturated heterocycles. The van der Waals surface area contributed by atoms with Crippen LogP contribution >= 0.6 is 24.0 Å². The zero-order valence-electron chi connectivity index (χ0n) is 12.1. The molecule has 0 aliphatic carbocycles. The molecule has 0 atom stereocenters. The van der Waals surface area contributed by atoms with Gasteiger partial charge in [-0.1, -0.05) is 29.8 Å². The summed E-state index contributed by atoms with van der Waals surface area (Å²) in [4.78, 5) is 4.20. The van der Waals surface area contributed by atoms with Gasteiger partial charge >= 0.3 is 0 Å². The number of anilines is 1. The fourth-order valence-corrected chi connectivity index (χ4v) is 1.74. The van der Waals surface area contributed by atoms with E-state index in [-0.39, 0.29) is 29.8 Å². The van der Waals surface area contributed by atoms with Gasteiger partial charge in [-0.3, -0.25) is 0 Å². The van der Waals surface area contributed by atoms with Crippen LogP contribution in [0.4, 0.5) is 10.1 Å². The number of nitrogens with zero attached hydrogens (tertiary/aromatic N) is 1. The third-order valence-corrected chi connectivity index (χ3v) is 2.99. The summed E-state index contributed by atoms with van der Waals surface area (Å²) in [6.45, 7) is 4.10. The summed E-state index contributed by atoms with van der Waals surface area (Å²) in [5, 5.41) is 3.00. The minimum Gasteiger partial charge on any atom is -0.370 e. The summed E-state index contributed by atoms with van der Waals surface area (Å²) in [7, 11) is 0. The smallest absolute Gasteiger partial charge is 0.193 e. The van der Waals surface area contributed by atoms with Gasteiger partial charge in [0.2, 0.25) is 0 Å². The minimum atomic E-state index is -0.220. The average molecular weight is 399 g/mol. The van der Waals surface area contributed by atoms with Gasteiger partial charge in [-0.15, -0.1) is 24.0 Å². The molecule has 2 aromatic rings. The van der Waals surface area contributed by atoms with Crippen LogP contribution in [-0.2, 0) is 6.54 Å². The predicted octanol–water partition coefficient (Wildman–Crippen LogP) is 3.99. The molecule has 0 aromatic heterocycles. The van der Waals surface area contributed by atoms with Crippen LogP contribution in [-0.4, -0.2) is 5.96 Å². The van der Waals surface area contributed by atoms with Gasteiger partial charge in [0.05, 0.1) is 6.54 Å². The lowest BCUT2D eigenvalue weighted by atomic mass is 10.1. The number of nitrogens with two attached hydrogens (primary N) is 1. The third-order valence-electron chi connectivity index (χ3n) is 2.99. The molecule has 21 heavy (non-hydrogen) atoms. The van der Waals surface area contributed by atoms with Crippen LogP contribution in [0.1, 0.15) is 16.7 Å². The topological polar surface area (TPSA) is 50.4 Å². The van der Waals surface area contributed by atoms with E-state index in [4.69, 9.17) is 5.73 Å². The fraction of sp³-hybridized carbons (Fsp3) is 0.188. The SMILES string of the molecule is Cc1ccc(NC(N)=NCc2ccc(C)c(F)c2)cc1.I. The van der Waals surface area contributed by atoms with Crippen LogP contribution in [0.2, 0.25) is 0 Å². The van der Waals surface area contributed by atoms with Gasteiger partial charge in [0.25, 0.3) is 0 Å². The van der Waals surface area contributed by atoms with Crippen molar-refractivity contribution < 1.29 is 4.39 Å². The highest BCUT2D eigenvalue weighted by molar-refractivity contribution is 14.0. The van der Waals surface area contributed by atoms with Crippen molar-refractivity contribution in [2.24, 2.45) is 10.7 Å². The van der Waals surface area contributed by atoms with Gasteiger partial charge in [-0.25, -0.2) is 9.38 Å². The Morgan fingerprint density at radius 2 is 1.81 bits per heavy atom. The molecule has 0 spiro atoms. The predicted molar refractivity (Wildman–Crippen MR) is 96.7 cm³/mol. The Morgan fingerprint density at radius 3 is 2.43 bits per heavy atom. The first-order valence-corrected chi connectivity index (χ1v) is 6.43. The number of halogens is 2. The third kappa shape index (κ3) is 5.34. The highest BCUT2D eigenvalue weighted by Gasteiger charge is 1.99. The summed E-state index contributed by atoms with van der Waals surface area (Å²) in [6.07, 6.45) is 0. The van der Waals surface area contributed by atoms with E-state index >= 15 is 0 Å². The van der Waals surface area contributed by atoms with Crippen LogP contribution in [0.25, 0.3) is 0 Å². The second-order valence-electron chi connectivity index (χ2n) is 4.78. The molecular formula is C16H19FIN3. The maximum absolute atomic E-state index is 13.4. The molecule has 0 heterocycles. The quantitative estimate of drug-likeness (QED) is 0.466. The maximum atomic E-state index is 13.4. The van der Waals surface area contributed by atoms with Crippen molar-refractivity contribution in [1.82, 2.24) is 0 Å². The van der Waals surface area contributed by atoms with Crippen molar-refractivity contribution in [3.63, 3.8) is 0 Å². The Morgan fingerprint density at radius 1 is 1.14 bits per heavy atom. The van der Waals surface area contributed by atoms with Crippen molar-refractivity contribution in [2.45, 2.75) is 20.4 Å². The summed E-state index contributed by atoms with van der Waals surface area (Å²) in [5.41, 5.74) is 9.29. The first-order valence-electron chi connectivity index (χ1n) is 6.43. The normalized spacial score (nSPS) is 10.9. The molecule has 0 aliphatic rings. The van der Waals surface area contributed by atoms with E-state index < -0.39 is 0 Å². The molecule has 2 aromatic carbocycles. The van der Waals surface area contributed by atoms with Crippen molar-refractivity contribution >= 4 is 35.6 Å². The lowest BCUT2D eigenvalue weighted by Crippen LogP contribution is -2.22. The van der Waals surface area contributed by atoms with Gasteiger partial charge in [0.1, 0.15) is 5.82 Å². The minimum absolute atomic E-state index is 0. The summed E-state index contributed by atoms with van der Waals surface area (Å²) >= 11 is 0. The van der Waals surface area contributed by atoms with Crippen LogP contribution < -0.4 is 11.1 Å². The number of hydrogen-bond acceptors (Lipinski definition) is 1. The van der Waals surface area contributed by atoms with E-state index in [1.165, 1.54) is 11.6 Å². The molecule has 0 unspecified atom stereocenters. The average Bonchev–Trinajstić information content (AvgIpc) is 2.43. The summed E-state index contributed by atoms with van der Waals surface area (Å²) < 4.78 is 13.4. The Hall–Kier alpha value is -1.63. The number of nitrogens with one attached hydrogen (secondary N) is 1. The highest BCUT2D eigenvalue weighted by Crippen LogP contribution is 2.11. The fourth-order valence-electron chi connectivity index (χ4n) is 1.74. The molecule has 112 valence electrons. The van der Waals surface area contributed by atoms with Gasteiger partial charge in [0.15, 0.2) is 5.96 Å². The zero-order valence-corrected chi connectivity index (χ0v) is 14.4. The van der Waals surface area contributed by atoms with Crippen molar-refractivity contribution in [1.29, 1.82) is 0 Å². The number of aryl methyl sites for hydroxylation is 2. The van der Waals surface area contributed by atoms with Crippen molar-refractivity contribution in [3.05, 3.63) is 65.0 Å². The van der Waals surface area contributed by atoms with Crippen LogP contribution in [0.5, 0.6) is 0 Å². The number of hydrogen-bond donors (Lipinski definition) is 2. The van der Waals surface area contributed by atoms with Crippen LogP contribution in [0, 0.1) is 19.7 Å². The van der Waals surface area contributed by atoms with Crippen molar-refractivity contribution in [3.8, 4) is 0 Å². The van der Waals surface area contributed by atoms with E-state index in [0.29, 0.717) is 18.1 Å². The molecule has 0 amide bonds. The number of aliphatic imine (C=N–C) groups is 1. The van der Waals surface area contributed by atoms with Gasteiger partial charge in [-0.05, 0) is 43.2 Å². The molecule has 2 rings (SSSR count). The lowest BCUT2D eigenvalue weighted by Gasteiger charge is -2.06. The molecule has 3 nitrogen and oxygen atoms in total. The summed E-state index contributed by atoms with van der Waals surface area (Å²) in [5.74, 6) is 0.0950. The molecule has 0 fully saturated rings. The molecule has 0 radical (unpaired) electrons. The number of guanidine groups is 1.